The summed E-state index contributed by atoms with van der Waals surface area (Å²) in [5.41, 5.74) is 3.99. The van der Waals surface area contributed by atoms with Gasteiger partial charge in [-0.2, -0.15) is 0 Å². The highest BCUT2D eigenvalue weighted by Gasteiger charge is 2.28. The van der Waals surface area contributed by atoms with E-state index in [1.54, 1.807) is 18.3 Å². The second kappa shape index (κ2) is 9.17. The first-order chi connectivity index (χ1) is 16.8. The highest BCUT2D eigenvalue weighted by molar-refractivity contribution is 5.95. The number of nitrogens with zero attached hydrogens (tertiary/aromatic N) is 3. The molecule has 1 aliphatic rings. The van der Waals surface area contributed by atoms with Gasteiger partial charge in [-0.1, -0.05) is 0 Å². The number of rotatable bonds is 4. The number of hydrogen-bond donors (Lipinski definition) is 2. The molecule has 2 N–H and O–H groups in total. The summed E-state index contributed by atoms with van der Waals surface area (Å²) in [5.74, 6) is -0.275. The molecule has 0 saturated heterocycles. The van der Waals surface area contributed by atoms with E-state index in [-0.39, 0.29) is 24.0 Å². The van der Waals surface area contributed by atoms with Crippen LogP contribution in [0.3, 0.4) is 0 Å². The zero-order valence-corrected chi connectivity index (χ0v) is 20.2. The first-order valence-electron chi connectivity index (χ1n) is 12.0. The Hall–Kier alpha value is -3.68. The molecule has 3 aromatic heterocycles. The van der Waals surface area contributed by atoms with E-state index in [0.29, 0.717) is 0 Å². The lowest BCUT2D eigenvalue weighted by Crippen LogP contribution is -2.41. The number of fused-ring (bicyclic) bond motifs is 1. The van der Waals surface area contributed by atoms with E-state index in [2.05, 4.69) is 19.9 Å². The van der Waals surface area contributed by atoms with Gasteiger partial charge in [0.15, 0.2) is 0 Å². The molecule has 1 amide bonds. The molecule has 182 valence electrons. The van der Waals surface area contributed by atoms with Crippen LogP contribution in [0.2, 0.25) is 0 Å². The molecule has 35 heavy (non-hydrogen) atoms. The second-order valence-electron chi connectivity index (χ2n) is 10.1. The number of pyridine rings is 1. The molecule has 0 radical (unpaired) electrons. The quantitative estimate of drug-likeness (QED) is 0.366. The number of alkyl carbamates (subject to hydrolysis) is 1. The first kappa shape index (κ1) is 23.1. The van der Waals surface area contributed by atoms with Crippen molar-refractivity contribution in [3.05, 3.63) is 60.9 Å². The number of ether oxygens (including phenoxy) is 1. The molecule has 5 rings (SSSR count). The van der Waals surface area contributed by atoms with E-state index in [0.717, 1.165) is 59.2 Å². The highest BCUT2D eigenvalue weighted by atomic mass is 19.1. The fraction of sp³-hybridized carbons (Fsp3) is 0.370. The standard InChI is InChI=1S/C27H30FN5O2/c1-27(2,3)35-26(34)32-19-8-10-20(11-9-19)33-16-31-23(17-4-6-18(28)7-5-17)24(33)21-12-14-29-25-22(21)13-15-30-25/h4-7,12-16,19-20H,8-11H2,1-3H3,(H,29,30)(H,32,34). The van der Waals surface area contributed by atoms with Crippen molar-refractivity contribution < 1.29 is 13.9 Å². The maximum Gasteiger partial charge on any atom is 0.407 e. The van der Waals surface area contributed by atoms with Crippen LogP contribution in [0.25, 0.3) is 33.5 Å². The molecule has 0 aliphatic heterocycles. The van der Waals surface area contributed by atoms with Crippen molar-refractivity contribution in [1.82, 2.24) is 24.8 Å². The van der Waals surface area contributed by atoms with Gasteiger partial charge in [-0.25, -0.2) is 19.2 Å². The van der Waals surface area contributed by atoms with Crippen molar-refractivity contribution in [2.24, 2.45) is 0 Å². The topological polar surface area (TPSA) is 84.8 Å². The third-order valence-electron chi connectivity index (χ3n) is 6.44. The molecule has 4 aromatic rings. The van der Waals surface area contributed by atoms with Gasteiger partial charge in [0.1, 0.15) is 17.1 Å². The molecule has 1 saturated carbocycles. The zero-order valence-electron chi connectivity index (χ0n) is 20.2. The average molecular weight is 476 g/mol. The Morgan fingerprint density at radius 2 is 1.83 bits per heavy atom. The molecule has 1 aliphatic carbocycles. The molecule has 8 heteroatoms. The summed E-state index contributed by atoms with van der Waals surface area (Å²) in [6.45, 7) is 5.59. The molecule has 0 atom stereocenters. The fourth-order valence-electron chi connectivity index (χ4n) is 4.86. The van der Waals surface area contributed by atoms with Crippen LogP contribution in [0, 0.1) is 5.82 Å². The summed E-state index contributed by atoms with van der Waals surface area (Å²) >= 11 is 0. The lowest BCUT2D eigenvalue weighted by Gasteiger charge is -2.31. The molecule has 1 aromatic carbocycles. The Morgan fingerprint density at radius 3 is 2.54 bits per heavy atom. The fourth-order valence-corrected chi connectivity index (χ4v) is 4.86. The third kappa shape index (κ3) is 4.92. The molecule has 0 bridgehead atoms. The minimum Gasteiger partial charge on any atom is -0.444 e. The number of halogens is 1. The Bertz CT molecular complexity index is 1330. The van der Waals surface area contributed by atoms with Gasteiger partial charge in [0.05, 0.1) is 17.7 Å². The minimum atomic E-state index is -0.516. The van der Waals surface area contributed by atoms with Gasteiger partial charge >= 0.3 is 6.09 Å². The van der Waals surface area contributed by atoms with E-state index in [4.69, 9.17) is 9.72 Å². The van der Waals surface area contributed by atoms with E-state index >= 15 is 0 Å². The van der Waals surface area contributed by atoms with Gasteiger partial charge in [0, 0.05) is 41.0 Å². The summed E-state index contributed by atoms with van der Waals surface area (Å²) in [6.07, 6.45) is 8.69. The van der Waals surface area contributed by atoms with E-state index in [9.17, 15) is 9.18 Å². The van der Waals surface area contributed by atoms with Gasteiger partial charge < -0.3 is 19.6 Å². The molecule has 7 nitrogen and oxygen atoms in total. The molecule has 0 unspecified atom stereocenters. The van der Waals surface area contributed by atoms with Crippen LogP contribution < -0.4 is 5.32 Å². The Morgan fingerprint density at radius 1 is 1.09 bits per heavy atom. The van der Waals surface area contributed by atoms with Crippen LogP contribution in [-0.2, 0) is 4.74 Å². The number of hydrogen-bond acceptors (Lipinski definition) is 4. The summed E-state index contributed by atoms with van der Waals surface area (Å²) in [6, 6.07) is 10.8. The van der Waals surface area contributed by atoms with Crippen LogP contribution in [-0.4, -0.2) is 37.3 Å². The van der Waals surface area contributed by atoms with Crippen molar-refractivity contribution in [1.29, 1.82) is 0 Å². The number of carbonyl (C=O) groups excluding carboxylic acids is 1. The Balaban J connectivity index is 1.45. The predicted molar refractivity (Wildman–Crippen MR) is 133 cm³/mol. The summed E-state index contributed by atoms with van der Waals surface area (Å²) in [7, 11) is 0. The number of nitrogens with one attached hydrogen (secondary N) is 2. The smallest absolute Gasteiger partial charge is 0.407 e. The maximum atomic E-state index is 13.6. The Labute approximate surface area is 203 Å². The largest absolute Gasteiger partial charge is 0.444 e. The number of aromatic amines is 1. The summed E-state index contributed by atoms with van der Waals surface area (Å²) in [4.78, 5) is 24.6. The molecule has 0 spiro atoms. The number of imidazole rings is 1. The number of H-pyrrole nitrogens is 1. The van der Waals surface area contributed by atoms with Gasteiger partial charge in [-0.15, -0.1) is 0 Å². The normalized spacial score (nSPS) is 18.5. The van der Waals surface area contributed by atoms with Crippen LogP contribution in [0.15, 0.2) is 55.1 Å². The van der Waals surface area contributed by atoms with Crippen molar-refractivity contribution in [3.8, 4) is 22.5 Å². The second-order valence-corrected chi connectivity index (χ2v) is 10.1. The van der Waals surface area contributed by atoms with Gasteiger partial charge in [-0.05, 0) is 82.9 Å². The molecular weight excluding hydrogens is 445 g/mol. The lowest BCUT2D eigenvalue weighted by molar-refractivity contribution is 0.0488. The summed E-state index contributed by atoms with van der Waals surface area (Å²) in [5, 5.41) is 4.03. The van der Waals surface area contributed by atoms with E-state index < -0.39 is 5.60 Å². The van der Waals surface area contributed by atoms with Crippen LogP contribution in [0.5, 0.6) is 0 Å². The SMILES string of the molecule is CC(C)(C)OC(=O)NC1CCC(n2cnc(-c3ccc(F)cc3)c2-c2ccnc3[nH]ccc23)CC1. The van der Waals surface area contributed by atoms with Crippen LogP contribution in [0.1, 0.15) is 52.5 Å². The van der Waals surface area contributed by atoms with E-state index in [1.165, 1.54) is 12.1 Å². The monoisotopic (exact) mass is 475 g/mol. The first-order valence-corrected chi connectivity index (χ1v) is 12.0. The molecule has 3 heterocycles. The molecular formula is C27H30FN5O2. The number of benzene rings is 1. The van der Waals surface area contributed by atoms with Gasteiger partial charge in [0.25, 0.3) is 0 Å². The maximum absolute atomic E-state index is 13.6. The van der Waals surface area contributed by atoms with Crippen molar-refractivity contribution >= 4 is 17.1 Å². The third-order valence-corrected chi connectivity index (χ3v) is 6.44. The van der Waals surface area contributed by atoms with E-state index in [1.807, 2.05) is 45.4 Å². The van der Waals surface area contributed by atoms with Crippen LogP contribution >= 0.6 is 0 Å². The zero-order chi connectivity index (χ0) is 24.6. The van der Waals surface area contributed by atoms with Crippen molar-refractivity contribution in [3.63, 3.8) is 0 Å². The highest BCUT2D eigenvalue weighted by Crippen LogP contribution is 2.39. The van der Waals surface area contributed by atoms with Gasteiger partial charge in [-0.3, -0.25) is 0 Å². The predicted octanol–water partition coefficient (Wildman–Crippen LogP) is 6.24. The lowest BCUT2D eigenvalue weighted by atomic mass is 9.90. The average Bonchev–Trinajstić information content (AvgIpc) is 3.46. The minimum absolute atomic E-state index is 0.0851. The Kier molecular flexibility index (Phi) is 6.05. The number of amides is 1. The van der Waals surface area contributed by atoms with Gasteiger partial charge in [0.2, 0.25) is 0 Å². The number of aromatic nitrogens is 4. The van der Waals surface area contributed by atoms with Crippen molar-refractivity contribution in [2.45, 2.75) is 64.1 Å². The van der Waals surface area contributed by atoms with Crippen LogP contribution in [0.4, 0.5) is 9.18 Å². The summed E-state index contributed by atoms with van der Waals surface area (Å²) < 4.78 is 21.3. The molecule has 1 fully saturated rings. The number of carbonyl (C=O) groups is 1. The van der Waals surface area contributed by atoms with Crippen molar-refractivity contribution in [2.75, 3.05) is 0 Å².